The fourth-order valence-electron chi connectivity index (χ4n) is 2.56. The maximum absolute atomic E-state index is 3.29. The Morgan fingerprint density at radius 1 is 0.611 bits per heavy atom. The third kappa shape index (κ3) is 1.39. The molecule has 0 heterocycles. The molecule has 18 heavy (non-hydrogen) atoms. The third-order valence-electron chi connectivity index (χ3n) is 3.48. The van der Waals surface area contributed by atoms with E-state index in [1.165, 1.54) is 32.3 Å². The normalized spacial score (nSPS) is 11.3. The van der Waals surface area contributed by atoms with Gasteiger partial charge < -0.3 is 0 Å². The second-order valence-corrected chi connectivity index (χ2v) is 4.66. The fraction of sp³-hybridized carbons (Fsp3) is 0. The van der Waals surface area contributed by atoms with Crippen molar-refractivity contribution in [3.8, 4) is 0 Å². The number of fused-ring (bicyclic) bond motifs is 3. The lowest BCUT2D eigenvalue weighted by Gasteiger charge is -2.04. The molecule has 4 rings (SSSR count). The summed E-state index contributed by atoms with van der Waals surface area (Å²) in [5.41, 5.74) is 0. The number of benzene rings is 4. The predicted molar refractivity (Wildman–Crippen MR) is 78.9 cm³/mol. The molecule has 0 saturated carbocycles. The van der Waals surface area contributed by atoms with Crippen LogP contribution in [0.15, 0.2) is 66.7 Å². The minimum Gasteiger partial charge on any atom is -0.0616 e. The van der Waals surface area contributed by atoms with E-state index >= 15 is 0 Å². The molecule has 0 unspecified atom stereocenters. The zero-order valence-electron chi connectivity index (χ0n) is 10.9. The molecule has 0 aliphatic carbocycles. The molecule has 0 aliphatic rings. The van der Waals surface area contributed by atoms with Crippen LogP contribution in [0.25, 0.3) is 32.3 Å². The van der Waals surface area contributed by atoms with Crippen LogP contribution in [-0.2, 0) is 0 Å². The molecule has 0 atom stereocenters. The van der Waals surface area contributed by atoms with Crippen LogP contribution in [0.1, 0.15) is 1.43 Å². The van der Waals surface area contributed by atoms with Crippen molar-refractivity contribution in [1.82, 2.24) is 0 Å². The number of rotatable bonds is 0. The van der Waals surface area contributed by atoms with Crippen molar-refractivity contribution >= 4 is 32.3 Å². The molecule has 0 amide bonds. The van der Waals surface area contributed by atoms with Gasteiger partial charge in [0.1, 0.15) is 0 Å². The molecule has 83 valence electrons. The van der Waals surface area contributed by atoms with Crippen LogP contribution in [0.3, 0.4) is 0 Å². The van der Waals surface area contributed by atoms with Crippen LogP contribution in [0.4, 0.5) is 0 Å². The molecule has 0 nitrogen and oxygen atoms in total. The average molecular weight is 228 g/mol. The maximum atomic E-state index is 3.29. The van der Waals surface area contributed by atoms with Crippen molar-refractivity contribution in [3.63, 3.8) is 0 Å². The molecule has 0 aromatic heterocycles. The predicted octanol–water partition coefficient (Wildman–Crippen LogP) is 5.06. The zero-order chi connectivity index (χ0) is 11.9. The minimum atomic E-state index is 0. The smallest absolute Gasteiger partial charge is 0.0616 e. The van der Waals surface area contributed by atoms with E-state index in [9.17, 15) is 0 Å². The molecule has 0 N–H and O–H groups in total. The molecule has 0 fully saturated rings. The van der Waals surface area contributed by atoms with Crippen LogP contribution in [0, 0.1) is 6.07 Å². The Labute approximate surface area is 107 Å². The van der Waals surface area contributed by atoms with Gasteiger partial charge in [-0.05, 0) is 62.6 Å². The van der Waals surface area contributed by atoms with Gasteiger partial charge in [-0.15, -0.1) is 0 Å². The van der Waals surface area contributed by atoms with Crippen LogP contribution < -0.4 is 0 Å². The Morgan fingerprint density at radius 3 is 2.00 bits per heavy atom. The largest absolute Gasteiger partial charge is 1.00 e. The Bertz CT molecular complexity index is 734. The van der Waals surface area contributed by atoms with Crippen LogP contribution in [-0.4, -0.2) is 0 Å². The molecule has 4 aromatic carbocycles. The highest BCUT2D eigenvalue weighted by Crippen LogP contribution is 2.26. The van der Waals surface area contributed by atoms with Crippen molar-refractivity contribution in [1.29, 1.82) is 0 Å². The summed E-state index contributed by atoms with van der Waals surface area (Å²) >= 11 is 0. The summed E-state index contributed by atoms with van der Waals surface area (Å²) in [4.78, 5) is 0. The van der Waals surface area contributed by atoms with Crippen LogP contribution in [0.2, 0.25) is 0 Å². The minimum absolute atomic E-state index is 0. The lowest BCUT2D eigenvalue weighted by molar-refractivity contribution is 1.76. The van der Waals surface area contributed by atoms with Gasteiger partial charge in [-0.25, -0.2) is 0 Å². The average Bonchev–Trinajstić information content (AvgIpc) is 2.42. The van der Waals surface area contributed by atoms with E-state index in [1.807, 2.05) is 12.1 Å². The second kappa shape index (κ2) is 3.58. The first kappa shape index (κ1) is 9.67. The van der Waals surface area contributed by atoms with E-state index in [0.29, 0.717) is 0 Å². The molecule has 4 aromatic rings. The SMILES string of the molecule is [H+].[c]1cccc2cc3cc4ccccc4cc3cc12. The quantitative estimate of drug-likeness (QED) is 0.369. The first-order chi connectivity index (χ1) is 8.90. The molecular weight excluding hydrogens is 216 g/mol. The van der Waals surface area contributed by atoms with Gasteiger partial charge >= 0.3 is 1.43 Å². The molecule has 0 aliphatic heterocycles. The van der Waals surface area contributed by atoms with Gasteiger partial charge in [0.15, 0.2) is 0 Å². The van der Waals surface area contributed by atoms with E-state index in [2.05, 4.69) is 60.7 Å². The van der Waals surface area contributed by atoms with Gasteiger partial charge in [0.25, 0.3) is 0 Å². The van der Waals surface area contributed by atoms with E-state index in [0.717, 1.165) is 0 Å². The molecule has 1 radical (unpaired) electrons. The lowest BCUT2D eigenvalue weighted by Crippen LogP contribution is -1.78. The summed E-state index contributed by atoms with van der Waals surface area (Å²) in [5, 5.41) is 7.59. The van der Waals surface area contributed by atoms with Crippen LogP contribution in [0.5, 0.6) is 0 Å². The highest BCUT2D eigenvalue weighted by atomic mass is 14.0. The molecular formula is C18H12+. The topological polar surface area (TPSA) is 0 Å². The van der Waals surface area contributed by atoms with Crippen molar-refractivity contribution in [2.24, 2.45) is 0 Å². The van der Waals surface area contributed by atoms with Crippen molar-refractivity contribution in [3.05, 3.63) is 72.8 Å². The zero-order valence-corrected chi connectivity index (χ0v) is 9.85. The molecule has 0 saturated heterocycles. The van der Waals surface area contributed by atoms with Crippen molar-refractivity contribution < 1.29 is 1.43 Å². The monoisotopic (exact) mass is 228 g/mol. The summed E-state index contributed by atoms with van der Waals surface area (Å²) in [7, 11) is 0. The fourth-order valence-corrected chi connectivity index (χ4v) is 2.56. The van der Waals surface area contributed by atoms with Gasteiger partial charge in [-0.1, -0.05) is 42.5 Å². The van der Waals surface area contributed by atoms with Gasteiger partial charge in [-0.2, -0.15) is 0 Å². The first-order valence-electron chi connectivity index (χ1n) is 6.13. The van der Waals surface area contributed by atoms with Gasteiger partial charge in [0.2, 0.25) is 0 Å². The number of hydrogen-bond acceptors (Lipinski definition) is 0. The van der Waals surface area contributed by atoms with E-state index in [1.54, 1.807) is 0 Å². The Morgan fingerprint density at radius 2 is 1.22 bits per heavy atom. The Kier molecular flexibility index (Phi) is 1.92. The summed E-state index contributed by atoms with van der Waals surface area (Å²) in [6.07, 6.45) is 0. The standard InChI is InChI=1S/C18H11/c1-2-6-14-10-18-12-16-8-4-3-7-15(16)11-17(18)9-13(14)5-1/h1-7,9-12H/p+1. The third-order valence-corrected chi connectivity index (χ3v) is 3.48. The molecule has 0 heteroatoms. The van der Waals surface area contributed by atoms with E-state index in [-0.39, 0.29) is 1.43 Å². The highest BCUT2D eigenvalue weighted by molar-refractivity contribution is 6.04. The summed E-state index contributed by atoms with van der Waals surface area (Å²) in [5.74, 6) is 0. The van der Waals surface area contributed by atoms with Crippen molar-refractivity contribution in [2.45, 2.75) is 0 Å². The number of hydrogen-bond donors (Lipinski definition) is 0. The second-order valence-electron chi connectivity index (χ2n) is 4.66. The van der Waals surface area contributed by atoms with E-state index < -0.39 is 0 Å². The van der Waals surface area contributed by atoms with Gasteiger partial charge in [0.05, 0.1) is 0 Å². The lowest BCUT2D eigenvalue weighted by atomic mass is 10.00. The van der Waals surface area contributed by atoms with Gasteiger partial charge in [-0.3, -0.25) is 0 Å². The summed E-state index contributed by atoms with van der Waals surface area (Å²) in [6, 6.07) is 26.9. The molecule has 0 bridgehead atoms. The molecule has 0 spiro atoms. The summed E-state index contributed by atoms with van der Waals surface area (Å²) < 4.78 is 0. The van der Waals surface area contributed by atoms with Crippen LogP contribution >= 0.6 is 0 Å². The Hall–Kier alpha value is -2.34. The summed E-state index contributed by atoms with van der Waals surface area (Å²) in [6.45, 7) is 0. The van der Waals surface area contributed by atoms with Gasteiger partial charge in [0, 0.05) is 0 Å². The first-order valence-corrected chi connectivity index (χ1v) is 6.13. The van der Waals surface area contributed by atoms with Crippen molar-refractivity contribution in [2.75, 3.05) is 0 Å². The Balaban J connectivity index is 0.00000110. The maximum Gasteiger partial charge on any atom is 1.00 e. The van der Waals surface area contributed by atoms with E-state index in [4.69, 9.17) is 0 Å². The highest BCUT2D eigenvalue weighted by Gasteiger charge is 2.00.